The molecule has 0 aliphatic heterocycles. The van der Waals surface area contributed by atoms with Crippen molar-refractivity contribution in [2.75, 3.05) is 4.72 Å². The number of benzene rings is 2. The minimum absolute atomic E-state index is 0.0311. The van der Waals surface area contributed by atoms with Crippen molar-refractivity contribution in [2.24, 2.45) is 0 Å². The van der Waals surface area contributed by atoms with Crippen molar-refractivity contribution >= 4 is 21.6 Å². The first-order chi connectivity index (χ1) is 13.5. The number of pyridine rings is 1. The van der Waals surface area contributed by atoms with Crippen LogP contribution in [0.5, 0.6) is 0 Å². The van der Waals surface area contributed by atoms with Gasteiger partial charge in [-0.1, -0.05) is 25.1 Å². The number of carbonyl (C=O) groups excluding carboxylic acids is 1. The summed E-state index contributed by atoms with van der Waals surface area (Å²) in [7, 11) is -3.79. The molecule has 1 heterocycles. The Labute approximate surface area is 164 Å². The highest BCUT2D eigenvalue weighted by molar-refractivity contribution is 7.92. The zero-order valence-corrected chi connectivity index (χ0v) is 16.2. The maximum atomic E-state index is 12.7. The number of aromatic nitrogens is 1. The number of rotatable bonds is 7. The molecule has 6 nitrogen and oxygen atoms in total. The molecule has 2 aromatic carbocycles. The van der Waals surface area contributed by atoms with Crippen LogP contribution in [0.1, 0.15) is 28.4 Å². The third-order valence-corrected chi connectivity index (χ3v) is 5.60. The second-order valence-corrected chi connectivity index (χ2v) is 7.90. The first-order valence-corrected chi connectivity index (χ1v) is 10.3. The molecule has 0 saturated heterocycles. The highest BCUT2D eigenvalue weighted by Crippen LogP contribution is 2.18. The van der Waals surface area contributed by atoms with E-state index < -0.39 is 10.0 Å². The first-order valence-electron chi connectivity index (χ1n) is 8.87. The van der Waals surface area contributed by atoms with Crippen molar-refractivity contribution in [2.45, 2.75) is 24.8 Å². The molecule has 0 unspecified atom stereocenters. The van der Waals surface area contributed by atoms with Crippen molar-refractivity contribution in [1.82, 2.24) is 10.3 Å². The molecule has 0 aliphatic carbocycles. The van der Waals surface area contributed by atoms with Crippen LogP contribution < -0.4 is 10.0 Å². The normalized spacial score (nSPS) is 11.0. The lowest BCUT2D eigenvalue weighted by atomic mass is 10.2. The Morgan fingerprint density at radius 1 is 0.964 bits per heavy atom. The van der Waals surface area contributed by atoms with E-state index in [0.29, 0.717) is 12.2 Å². The average Bonchev–Trinajstić information content (AvgIpc) is 2.73. The van der Waals surface area contributed by atoms with E-state index in [1.807, 2.05) is 19.1 Å². The third-order valence-electron chi connectivity index (χ3n) is 4.22. The summed E-state index contributed by atoms with van der Waals surface area (Å²) in [5, 5.41) is 2.77. The average molecular weight is 395 g/mol. The first kappa shape index (κ1) is 19.6. The molecular weight excluding hydrogens is 374 g/mol. The maximum absolute atomic E-state index is 12.7. The number of nitrogens with one attached hydrogen (secondary N) is 2. The minimum atomic E-state index is -3.79. The van der Waals surface area contributed by atoms with Crippen molar-refractivity contribution in [3.05, 3.63) is 89.7 Å². The summed E-state index contributed by atoms with van der Waals surface area (Å²) in [6, 6.07) is 16.8. The standard InChI is InChI=1S/C21H21N3O3S/c1-2-16-6-8-19(9-7-16)24-28(26,27)20-5-3-4-18(14-20)21(25)23-15-17-10-12-22-13-11-17/h3-14,24H,2,15H2,1H3,(H,23,25). The van der Waals surface area contributed by atoms with Gasteiger partial charge in [0.15, 0.2) is 0 Å². The van der Waals surface area contributed by atoms with Crippen LogP contribution in [0.4, 0.5) is 5.69 Å². The number of nitrogens with zero attached hydrogens (tertiary/aromatic N) is 1. The van der Waals surface area contributed by atoms with E-state index in [4.69, 9.17) is 0 Å². The number of amides is 1. The van der Waals surface area contributed by atoms with Crippen LogP contribution in [0, 0.1) is 0 Å². The van der Waals surface area contributed by atoms with Gasteiger partial charge in [-0.3, -0.25) is 14.5 Å². The van der Waals surface area contributed by atoms with Crippen molar-refractivity contribution in [3.63, 3.8) is 0 Å². The summed E-state index contributed by atoms with van der Waals surface area (Å²) < 4.78 is 27.9. The molecular formula is C21H21N3O3S. The van der Waals surface area contributed by atoms with Gasteiger partial charge in [-0.2, -0.15) is 0 Å². The van der Waals surface area contributed by atoms with Crippen LogP contribution in [-0.4, -0.2) is 19.3 Å². The summed E-state index contributed by atoms with van der Waals surface area (Å²) >= 11 is 0. The molecule has 0 radical (unpaired) electrons. The predicted molar refractivity (Wildman–Crippen MR) is 108 cm³/mol. The van der Waals surface area contributed by atoms with Gasteiger partial charge in [-0.15, -0.1) is 0 Å². The van der Waals surface area contributed by atoms with Gasteiger partial charge in [0.25, 0.3) is 15.9 Å². The quantitative estimate of drug-likeness (QED) is 0.642. The van der Waals surface area contributed by atoms with Crippen LogP contribution in [0.15, 0.2) is 78.0 Å². The highest BCUT2D eigenvalue weighted by Gasteiger charge is 2.16. The summed E-state index contributed by atoms with van der Waals surface area (Å²) in [6.45, 7) is 2.37. The monoisotopic (exact) mass is 395 g/mol. The maximum Gasteiger partial charge on any atom is 0.261 e. The van der Waals surface area contributed by atoms with E-state index in [-0.39, 0.29) is 16.4 Å². The van der Waals surface area contributed by atoms with Crippen LogP contribution >= 0.6 is 0 Å². The zero-order chi connectivity index (χ0) is 20.0. The molecule has 0 fully saturated rings. The van der Waals surface area contributed by atoms with Gasteiger partial charge in [-0.25, -0.2) is 8.42 Å². The Hall–Kier alpha value is -3.19. The van der Waals surface area contributed by atoms with Crippen molar-refractivity contribution < 1.29 is 13.2 Å². The Morgan fingerprint density at radius 3 is 2.36 bits per heavy atom. The van der Waals surface area contributed by atoms with Gasteiger partial charge in [0.1, 0.15) is 0 Å². The molecule has 0 aliphatic rings. The Balaban J connectivity index is 1.72. The third kappa shape index (κ3) is 4.95. The van der Waals surface area contributed by atoms with Gasteiger partial charge in [0.2, 0.25) is 0 Å². The fourth-order valence-electron chi connectivity index (χ4n) is 2.61. The lowest BCUT2D eigenvalue weighted by Crippen LogP contribution is -2.23. The number of aryl methyl sites for hydroxylation is 1. The molecule has 2 N–H and O–H groups in total. The summed E-state index contributed by atoms with van der Waals surface area (Å²) in [5.74, 6) is -0.346. The van der Waals surface area contributed by atoms with Crippen molar-refractivity contribution in [3.8, 4) is 0 Å². The zero-order valence-electron chi connectivity index (χ0n) is 15.4. The van der Waals surface area contributed by atoms with Crippen LogP contribution in [0.3, 0.4) is 0 Å². The van der Waals surface area contributed by atoms with Crippen molar-refractivity contribution in [1.29, 1.82) is 0 Å². The molecule has 0 atom stereocenters. The number of anilines is 1. The smallest absolute Gasteiger partial charge is 0.261 e. The van der Waals surface area contributed by atoms with Gasteiger partial charge >= 0.3 is 0 Å². The lowest BCUT2D eigenvalue weighted by molar-refractivity contribution is 0.0950. The lowest BCUT2D eigenvalue weighted by Gasteiger charge is -2.10. The Morgan fingerprint density at radius 2 is 1.68 bits per heavy atom. The van der Waals surface area contributed by atoms with Gasteiger partial charge in [0, 0.05) is 30.2 Å². The molecule has 0 saturated carbocycles. The molecule has 1 amide bonds. The number of carbonyl (C=O) groups is 1. The molecule has 0 bridgehead atoms. The molecule has 7 heteroatoms. The molecule has 144 valence electrons. The van der Waals surface area contributed by atoms with E-state index >= 15 is 0 Å². The van der Waals surface area contributed by atoms with E-state index in [2.05, 4.69) is 15.0 Å². The SMILES string of the molecule is CCc1ccc(NS(=O)(=O)c2cccc(C(=O)NCc3ccncc3)c2)cc1. The molecule has 0 spiro atoms. The largest absolute Gasteiger partial charge is 0.348 e. The molecule has 3 rings (SSSR count). The van der Waals surface area contributed by atoms with Crippen LogP contribution in [0.25, 0.3) is 0 Å². The molecule has 1 aromatic heterocycles. The molecule has 3 aromatic rings. The highest BCUT2D eigenvalue weighted by atomic mass is 32.2. The van der Waals surface area contributed by atoms with Gasteiger partial charge in [-0.05, 0) is 60.0 Å². The Kier molecular flexibility index (Phi) is 6.06. The van der Waals surface area contributed by atoms with Crippen LogP contribution in [0.2, 0.25) is 0 Å². The second kappa shape index (κ2) is 8.67. The number of hydrogen-bond acceptors (Lipinski definition) is 4. The second-order valence-electron chi connectivity index (χ2n) is 6.22. The molecule has 28 heavy (non-hydrogen) atoms. The Bertz CT molecular complexity index is 1050. The van der Waals surface area contributed by atoms with E-state index in [0.717, 1.165) is 17.5 Å². The predicted octanol–water partition coefficient (Wildman–Crippen LogP) is 3.37. The van der Waals surface area contributed by atoms with E-state index in [9.17, 15) is 13.2 Å². The number of hydrogen-bond donors (Lipinski definition) is 2. The van der Waals surface area contributed by atoms with E-state index in [1.54, 1.807) is 48.8 Å². The summed E-state index contributed by atoms with van der Waals surface area (Å²) in [5.41, 5.74) is 2.78. The minimum Gasteiger partial charge on any atom is -0.348 e. The fourth-order valence-corrected chi connectivity index (χ4v) is 3.72. The summed E-state index contributed by atoms with van der Waals surface area (Å²) in [4.78, 5) is 16.3. The topological polar surface area (TPSA) is 88.2 Å². The fraction of sp³-hybridized carbons (Fsp3) is 0.143. The summed E-state index contributed by atoms with van der Waals surface area (Å²) in [6.07, 6.45) is 4.17. The van der Waals surface area contributed by atoms with Gasteiger partial charge in [0.05, 0.1) is 4.90 Å². The number of sulfonamides is 1. The van der Waals surface area contributed by atoms with Crippen LogP contribution in [-0.2, 0) is 23.0 Å². The van der Waals surface area contributed by atoms with E-state index in [1.165, 1.54) is 12.1 Å². The van der Waals surface area contributed by atoms with Gasteiger partial charge < -0.3 is 5.32 Å².